The molecule has 1 saturated heterocycles. The van der Waals surface area contributed by atoms with Crippen molar-refractivity contribution in [1.29, 1.82) is 0 Å². The van der Waals surface area contributed by atoms with E-state index in [0.29, 0.717) is 0 Å². The Bertz CT molecular complexity index is 169. The van der Waals surface area contributed by atoms with E-state index in [1.807, 2.05) is 0 Å². The Morgan fingerprint density at radius 2 is 2.30 bits per heavy atom. The highest BCUT2D eigenvalue weighted by atomic mass is 16.4. The van der Waals surface area contributed by atoms with E-state index < -0.39 is 5.97 Å². The Hall–Kier alpha value is -0.570. The molecular weight excluding hydrogens is 130 g/mol. The molecule has 3 nitrogen and oxygen atoms in total. The van der Waals surface area contributed by atoms with E-state index in [-0.39, 0.29) is 11.5 Å². The second-order valence-corrected chi connectivity index (χ2v) is 3.37. The summed E-state index contributed by atoms with van der Waals surface area (Å²) < 4.78 is 0. The SMILES string of the molecule is O=C(O)[C@H]1NCC12CCC2. The number of nitrogens with one attached hydrogen (secondary N) is 1. The summed E-state index contributed by atoms with van der Waals surface area (Å²) in [6.45, 7) is 0.921. The summed E-state index contributed by atoms with van der Waals surface area (Å²) in [5.74, 6) is -0.675. The van der Waals surface area contributed by atoms with Crippen LogP contribution in [-0.4, -0.2) is 23.7 Å². The predicted octanol–water partition coefficient (Wildman–Crippen LogP) is 0.213. The third-order valence-corrected chi connectivity index (χ3v) is 2.87. The van der Waals surface area contributed by atoms with Gasteiger partial charge in [-0.1, -0.05) is 6.42 Å². The lowest BCUT2D eigenvalue weighted by Crippen LogP contribution is -2.68. The van der Waals surface area contributed by atoms with Crippen molar-refractivity contribution in [3.05, 3.63) is 0 Å². The molecule has 0 aromatic rings. The molecule has 0 unspecified atom stereocenters. The van der Waals surface area contributed by atoms with Gasteiger partial charge in [0, 0.05) is 12.0 Å². The van der Waals surface area contributed by atoms with Gasteiger partial charge in [-0.25, -0.2) is 0 Å². The van der Waals surface area contributed by atoms with Gasteiger partial charge in [0.1, 0.15) is 6.04 Å². The van der Waals surface area contributed by atoms with Gasteiger partial charge in [0.2, 0.25) is 0 Å². The highest BCUT2D eigenvalue weighted by Gasteiger charge is 2.54. The summed E-state index contributed by atoms with van der Waals surface area (Å²) in [5, 5.41) is 11.6. The molecule has 1 aliphatic carbocycles. The second-order valence-electron chi connectivity index (χ2n) is 3.37. The predicted molar refractivity (Wildman–Crippen MR) is 35.7 cm³/mol. The topological polar surface area (TPSA) is 49.3 Å². The van der Waals surface area contributed by atoms with Gasteiger partial charge in [-0.2, -0.15) is 0 Å². The van der Waals surface area contributed by atoms with Gasteiger partial charge in [-0.15, -0.1) is 0 Å². The van der Waals surface area contributed by atoms with Crippen molar-refractivity contribution < 1.29 is 9.90 Å². The highest BCUT2D eigenvalue weighted by molar-refractivity contribution is 5.76. The van der Waals surface area contributed by atoms with Gasteiger partial charge < -0.3 is 10.4 Å². The lowest BCUT2D eigenvalue weighted by Gasteiger charge is -2.54. The molecule has 2 N–H and O–H groups in total. The lowest BCUT2D eigenvalue weighted by atomic mass is 9.59. The molecule has 0 bridgehead atoms. The van der Waals surface area contributed by atoms with Crippen LogP contribution in [0.3, 0.4) is 0 Å². The van der Waals surface area contributed by atoms with Gasteiger partial charge >= 0.3 is 5.97 Å². The Morgan fingerprint density at radius 3 is 2.40 bits per heavy atom. The number of carboxylic acids is 1. The van der Waals surface area contributed by atoms with Gasteiger partial charge in [-0.3, -0.25) is 4.79 Å². The molecule has 2 rings (SSSR count). The molecule has 1 aliphatic heterocycles. The molecule has 0 aromatic carbocycles. The maximum absolute atomic E-state index is 10.5. The molecule has 10 heavy (non-hydrogen) atoms. The summed E-state index contributed by atoms with van der Waals surface area (Å²) in [7, 11) is 0. The third-order valence-electron chi connectivity index (χ3n) is 2.87. The van der Waals surface area contributed by atoms with E-state index in [9.17, 15) is 4.79 Å². The first-order valence-corrected chi connectivity index (χ1v) is 3.71. The summed E-state index contributed by atoms with van der Waals surface area (Å²) >= 11 is 0. The van der Waals surface area contributed by atoms with Crippen LogP contribution < -0.4 is 5.32 Å². The maximum Gasteiger partial charge on any atom is 0.321 e. The van der Waals surface area contributed by atoms with Crippen LogP contribution in [0.5, 0.6) is 0 Å². The summed E-state index contributed by atoms with van der Waals surface area (Å²) in [5.41, 5.74) is 0.172. The molecule has 56 valence electrons. The number of rotatable bonds is 1. The zero-order chi connectivity index (χ0) is 7.19. The molecular formula is C7H11NO2. The number of aliphatic carboxylic acids is 1. The largest absolute Gasteiger partial charge is 0.480 e. The van der Waals surface area contributed by atoms with Crippen LogP contribution in [0.4, 0.5) is 0 Å². The molecule has 1 atom stereocenters. The molecule has 2 fully saturated rings. The maximum atomic E-state index is 10.5. The van der Waals surface area contributed by atoms with Crippen molar-refractivity contribution in [2.24, 2.45) is 5.41 Å². The van der Waals surface area contributed by atoms with E-state index >= 15 is 0 Å². The molecule has 1 spiro atoms. The van der Waals surface area contributed by atoms with E-state index in [2.05, 4.69) is 5.32 Å². The number of hydrogen-bond donors (Lipinski definition) is 2. The normalized spacial score (nSPS) is 34.6. The first kappa shape index (κ1) is 6.16. The van der Waals surface area contributed by atoms with Crippen molar-refractivity contribution >= 4 is 5.97 Å². The van der Waals surface area contributed by atoms with Crippen LogP contribution in [-0.2, 0) is 4.79 Å². The van der Waals surface area contributed by atoms with Crippen molar-refractivity contribution in [3.8, 4) is 0 Å². The average Bonchev–Trinajstić information content (AvgIpc) is 1.53. The van der Waals surface area contributed by atoms with Crippen molar-refractivity contribution in [2.75, 3.05) is 6.54 Å². The first-order valence-electron chi connectivity index (χ1n) is 3.71. The van der Waals surface area contributed by atoms with Gasteiger partial charge in [-0.05, 0) is 12.8 Å². The van der Waals surface area contributed by atoms with Gasteiger partial charge in [0.05, 0.1) is 0 Å². The Kier molecular flexibility index (Phi) is 1.06. The smallest absolute Gasteiger partial charge is 0.321 e. The van der Waals surface area contributed by atoms with Crippen LogP contribution in [0.15, 0.2) is 0 Å². The molecule has 2 aliphatic rings. The molecule has 0 aromatic heterocycles. The van der Waals surface area contributed by atoms with E-state index in [4.69, 9.17) is 5.11 Å². The van der Waals surface area contributed by atoms with Gasteiger partial charge in [0.15, 0.2) is 0 Å². The number of carbonyl (C=O) groups is 1. The van der Waals surface area contributed by atoms with E-state index in [0.717, 1.165) is 19.4 Å². The van der Waals surface area contributed by atoms with Crippen molar-refractivity contribution in [1.82, 2.24) is 5.32 Å². The summed E-state index contributed by atoms with van der Waals surface area (Å²) in [6, 6.07) is -0.235. The molecule has 3 heteroatoms. The minimum atomic E-state index is -0.675. The fourth-order valence-electron chi connectivity index (χ4n) is 1.94. The zero-order valence-corrected chi connectivity index (χ0v) is 5.76. The van der Waals surface area contributed by atoms with Crippen LogP contribution in [0.2, 0.25) is 0 Å². The third kappa shape index (κ3) is 0.560. The zero-order valence-electron chi connectivity index (χ0n) is 5.76. The Balaban J connectivity index is 2.05. The molecule has 1 saturated carbocycles. The van der Waals surface area contributed by atoms with Crippen molar-refractivity contribution in [3.63, 3.8) is 0 Å². The second kappa shape index (κ2) is 1.72. The molecule has 0 amide bonds. The number of hydrogen-bond acceptors (Lipinski definition) is 2. The lowest BCUT2D eigenvalue weighted by molar-refractivity contribution is -0.152. The summed E-state index contributed by atoms with van der Waals surface area (Å²) in [4.78, 5) is 10.5. The average molecular weight is 141 g/mol. The minimum absolute atomic E-state index is 0.172. The van der Waals surface area contributed by atoms with Crippen LogP contribution in [0, 0.1) is 5.41 Å². The van der Waals surface area contributed by atoms with Gasteiger partial charge in [0.25, 0.3) is 0 Å². The summed E-state index contributed by atoms with van der Waals surface area (Å²) in [6.07, 6.45) is 3.43. The van der Waals surface area contributed by atoms with E-state index in [1.165, 1.54) is 6.42 Å². The fourth-order valence-corrected chi connectivity index (χ4v) is 1.94. The van der Waals surface area contributed by atoms with E-state index in [1.54, 1.807) is 0 Å². The fraction of sp³-hybridized carbons (Fsp3) is 0.857. The Labute approximate surface area is 59.4 Å². The molecule has 0 radical (unpaired) electrons. The van der Waals surface area contributed by atoms with Crippen molar-refractivity contribution in [2.45, 2.75) is 25.3 Å². The molecule has 1 heterocycles. The monoisotopic (exact) mass is 141 g/mol. The standard InChI is InChI=1S/C7H11NO2/c9-6(10)5-7(4-8-5)2-1-3-7/h5,8H,1-4H2,(H,9,10)/t5-/m1/s1. The minimum Gasteiger partial charge on any atom is -0.480 e. The number of carboxylic acid groups (broad SMARTS) is 1. The van der Waals surface area contributed by atoms with Crippen LogP contribution in [0.1, 0.15) is 19.3 Å². The van der Waals surface area contributed by atoms with Crippen LogP contribution >= 0.6 is 0 Å². The van der Waals surface area contributed by atoms with Crippen LogP contribution in [0.25, 0.3) is 0 Å². The quantitative estimate of drug-likeness (QED) is 0.549. The first-order chi connectivity index (χ1) is 4.75. The highest BCUT2D eigenvalue weighted by Crippen LogP contribution is 2.48. The Morgan fingerprint density at radius 1 is 1.60 bits per heavy atom.